The Balaban J connectivity index is 2.83. The number of nitrogens with two attached hydrogens (primary N) is 1. The minimum atomic E-state index is -0.499. The second-order valence-corrected chi connectivity index (χ2v) is 4.53. The first kappa shape index (κ1) is 13.5. The van der Waals surface area contributed by atoms with Crippen LogP contribution in [0.5, 0.6) is 0 Å². The number of carbonyl (C=O) groups is 1. The molecule has 1 atom stereocenters. The number of anilines is 2. The summed E-state index contributed by atoms with van der Waals surface area (Å²) in [6.45, 7) is 5.90. The Morgan fingerprint density at radius 3 is 2.53 bits per heavy atom. The number of hydrogen-bond donors (Lipinski definition) is 2. The molecular formula is C13H21N3O. The molecule has 0 fully saturated rings. The van der Waals surface area contributed by atoms with Crippen molar-refractivity contribution >= 4 is 17.3 Å². The van der Waals surface area contributed by atoms with Gasteiger partial charge in [0.05, 0.1) is 6.04 Å². The number of hydrogen-bond acceptors (Lipinski definition) is 3. The molecule has 0 bridgehead atoms. The van der Waals surface area contributed by atoms with Crippen molar-refractivity contribution in [2.75, 3.05) is 17.3 Å². The molecule has 1 amide bonds. The molecule has 1 rings (SSSR count). The minimum absolute atomic E-state index is 0.172. The molecule has 94 valence electrons. The van der Waals surface area contributed by atoms with Crippen molar-refractivity contribution in [1.82, 2.24) is 0 Å². The van der Waals surface area contributed by atoms with E-state index in [1.807, 2.05) is 31.3 Å². The van der Waals surface area contributed by atoms with Gasteiger partial charge in [0.15, 0.2) is 0 Å². The number of carbonyl (C=O) groups excluding carboxylic acids is 1. The van der Waals surface area contributed by atoms with E-state index in [2.05, 4.69) is 24.1 Å². The maximum absolute atomic E-state index is 11.5. The van der Waals surface area contributed by atoms with Crippen molar-refractivity contribution in [2.45, 2.75) is 32.9 Å². The summed E-state index contributed by atoms with van der Waals surface area (Å²) in [4.78, 5) is 13.6. The molecule has 0 aromatic heterocycles. The van der Waals surface area contributed by atoms with Crippen molar-refractivity contribution < 1.29 is 4.79 Å². The number of nitrogens with zero attached hydrogens (tertiary/aromatic N) is 1. The Hall–Kier alpha value is -1.55. The van der Waals surface area contributed by atoms with Crippen LogP contribution in [0, 0.1) is 0 Å². The first-order valence-electron chi connectivity index (χ1n) is 5.81. The van der Waals surface area contributed by atoms with Gasteiger partial charge in [-0.2, -0.15) is 0 Å². The lowest BCUT2D eigenvalue weighted by molar-refractivity contribution is -0.117. The SMILES string of the molecule is CC(N)C(=O)Nc1cccc(N(C)C(C)C)c1. The average Bonchev–Trinajstić information content (AvgIpc) is 2.28. The number of nitrogens with one attached hydrogen (secondary N) is 1. The van der Waals surface area contributed by atoms with Crippen LogP contribution in [-0.4, -0.2) is 25.0 Å². The molecular weight excluding hydrogens is 214 g/mol. The molecule has 0 heterocycles. The summed E-state index contributed by atoms with van der Waals surface area (Å²) >= 11 is 0. The fourth-order valence-corrected chi connectivity index (χ4v) is 1.36. The van der Waals surface area contributed by atoms with Crippen LogP contribution in [0.1, 0.15) is 20.8 Å². The van der Waals surface area contributed by atoms with Crippen LogP contribution in [0.4, 0.5) is 11.4 Å². The molecule has 0 radical (unpaired) electrons. The Morgan fingerprint density at radius 1 is 1.35 bits per heavy atom. The standard InChI is InChI=1S/C13H21N3O/c1-9(2)16(4)12-7-5-6-11(8-12)15-13(17)10(3)14/h5-10H,14H2,1-4H3,(H,15,17). The molecule has 4 heteroatoms. The zero-order valence-corrected chi connectivity index (χ0v) is 10.9. The van der Waals surface area contributed by atoms with E-state index in [1.165, 1.54) is 0 Å². The number of benzene rings is 1. The average molecular weight is 235 g/mol. The Morgan fingerprint density at radius 2 is 2.00 bits per heavy atom. The van der Waals surface area contributed by atoms with Crippen LogP contribution in [0.15, 0.2) is 24.3 Å². The summed E-state index contributed by atoms with van der Waals surface area (Å²) in [5.74, 6) is -0.172. The minimum Gasteiger partial charge on any atom is -0.372 e. The zero-order valence-electron chi connectivity index (χ0n) is 10.9. The molecule has 1 unspecified atom stereocenters. The molecule has 0 aliphatic heterocycles. The molecule has 0 aliphatic carbocycles. The van der Waals surface area contributed by atoms with Crippen LogP contribution in [0.25, 0.3) is 0 Å². The second-order valence-electron chi connectivity index (χ2n) is 4.53. The molecule has 1 aromatic carbocycles. The summed E-state index contributed by atoms with van der Waals surface area (Å²) in [5.41, 5.74) is 7.35. The van der Waals surface area contributed by atoms with Crippen LogP contribution in [0.3, 0.4) is 0 Å². The third-order valence-electron chi connectivity index (χ3n) is 2.71. The zero-order chi connectivity index (χ0) is 13.0. The van der Waals surface area contributed by atoms with Gasteiger partial charge in [-0.15, -0.1) is 0 Å². The van der Waals surface area contributed by atoms with E-state index in [4.69, 9.17) is 5.73 Å². The second kappa shape index (κ2) is 5.68. The number of rotatable bonds is 4. The fourth-order valence-electron chi connectivity index (χ4n) is 1.36. The predicted molar refractivity (Wildman–Crippen MR) is 72.3 cm³/mol. The van der Waals surface area contributed by atoms with Gasteiger partial charge >= 0.3 is 0 Å². The van der Waals surface area contributed by atoms with Crippen molar-refractivity contribution in [1.29, 1.82) is 0 Å². The van der Waals surface area contributed by atoms with Crippen LogP contribution >= 0.6 is 0 Å². The van der Waals surface area contributed by atoms with Crippen LogP contribution in [0.2, 0.25) is 0 Å². The monoisotopic (exact) mass is 235 g/mol. The topological polar surface area (TPSA) is 58.4 Å². The molecule has 4 nitrogen and oxygen atoms in total. The van der Waals surface area contributed by atoms with E-state index in [1.54, 1.807) is 6.92 Å². The third kappa shape index (κ3) is 3.75. The van der Waals surface area contributed by atoms with E-state index in [0.29, 0.717) is 6.04 Å². The van der Waals surface area contributed by atoms with Gasteiger partial charge in [-0.1, -0.05) is 6.07 Å². The highest BCUT2D eigenvalue weighted by Gasteiger charge is 2.09. The maximum atomic E-state index is 11.5. The molecule has 0 aliphatic rings. The Kier molecular flexibility index (Phi) is 4.52. The lowest BCUT2D eigenvalue weighted by atomic mass is 10.2. The first-order valence-corrected chi connectivity index (χ1v) is 5.81. The van der Waals surface area contributed by atoms with Crippen molar-refractivity contribution in [2.24, 2.45) is 5.73 Å². The summed E-state index contributed by atoms with van der Waals surface area (Å²) < 4.78 is 0. The molecule has 0 spiro atoms. The summed E-state index contributed by atoms with van der Waals surface area (Å²) in [5, 5.41) is 2.78. The van der Waals surface area contributed by atoms with E-state index in [0.717, 1.165) is 11.4 Å². The molecule has 17 heavy (non-hydrogen) atoms. The van der Waals surface area contributed by atoms with Gasteiger partial charge in [-0.25, -0.2) is 0 Å². The smallest absolute Gasteiger partial charge is 0.240 e. The molecule has 1 aromatic rings. The summed E-state index contributed by atoms with van der Waals surface area (Å²) in [6, 6.07) is 7.65. The summed E-state index contributed by atoms with van der Waals surface area (Å²) in [6.07, 6.45) is 0. The number of amides is 1. The van der Waals surface area contributed by atoms with Gasteiger partial charge in [-0.05, 0) is 39.0 Å². The van der Waals surface area contributed by atoms with Gasteiger partial charge in [0.2, 0.25) is 5.91 Å². The lowest BCUT2D eigenvalue weighted by Crippen LogP contribution is -2.32. The van der Waals surface area contributed by atoms with Gasteiger partial charge in [-0.3, -0.25) is 4.79 Å². The highest BCUT2D eigenvalue weighted by atomic mass is 16.2. The van der Waals surface area contributed by atoms with Crippen molar-refractivity contribution in [3.8, 4) is 0 Å². The largest absolute Gasteiger partial charge is 0.372 e. The highest BCUT2D eigenvalue weighted by Crippen LogP contribution is 2.20. The van der Waals surface area contributed by atoms with Gasteiger partial charge < -0.3 is 16.0 Å². The Labute approximate surface area is 103 Å². The van der Waals surface area contributed by atoms with Crippen LogP contribution in [-0.2, 0) is 4.79 Å². The highest BCUT2D eigenvalue weighted by molar-refractivity contribution is 5.94. The molecule has 0 saturated heterocycles. The van der Waals surface area contributed by atoms with Crippen molar-refractivity contribution in [3.05, 3.63) is 24.3 Å². The van der Waals surface area contributed by atoms with E-state index < -0.39 is 6.04 Å². The van der Waals surface area contributed by atoms with E-state index in [-0.39, 0.29) is 5.91 Å². The van der Waals surface area contributed by atoms with E-state index in [9.17, 15) is 4.79 Å². The lowest BCUT2D eigenvalue weighted by Gasteiger charge is -2.24. The maximum Gasteiger partial charge on any atom is 0.240 e. The molecule has 0 saturated carbocycles. The quantitative estimate of drug-likeness (QED) is 0.837. The van der Waals surface area contributed by atoms with Crippen LogP contribution < -0.4 is 16.0 Å². The van der Waals surface area contributed by atoms with E-state index >= 15 is 0 Å². The normalized spacial score (nSPS) is 12.4. The first-order chi connectivity index (χ1) is 7.91. The summed E-state index contributed by atoms with van der Waals surface area (Å²) in [7, 11) is 2.02. The van der Waals surface area contributed by atoms with Gasteiger partial charge in [0.1, 0.15) is 0 Å². The fraction of sp³-hybridized carbons (Fsp3) is 0.462. The van der Waals surface area contributed by atoms with Gasteiger partial charge in [0, 0.05) is 24.5 Å². The van der Waals surface area contributed by atoms with Gasteiger partial charge in [0.25, 0.3) is 0 Å². The van der Waals surface area contributed by atoms with Crippen molar-refractivity contribution in [3.63, 3.8) is 0 Å². The molecule has 3 N–H and O–H groups in total. The Bertz CT molecular complexity index is 388. The third-order valence-corrected chi connectivity index (χ3v) is 2.71. The predicted octanol–water partition coefficient (Wildman–Crippen LogP) is 1.82.